The summed E-state index contributed by atoms with van der Waals surface area (Å²) >= 11 is 0. The second-order valence-electron chi connectivity index (χ2n) is 3.37. The first-order chi connectivity index (χ1) is 6.50. The average molecular weight is 232 g/mol. The summed E-state index contributed by atoms with van der Waals surface area (Å²) in [6.45, 7) is 5.41. The predicted molar refractivity (Wildman–Crippen MR) is 51.2 cm³/mol. The summed E-state index contributed by atoms with van der Waals surface area (Å²) in [5.41, 5.74) is 3.12. The summed E-state index contributed by atoms with van der Waals surface area (Å²) in [6.07, 6.45) is 0. The first-order valence-corrected chi connectivity index (χ1v) is 4.41. The van der Waals surface area contributed by atoms with Gasteiger partial charge in [-0.05, 0) is 43.5 Å². The zero-order valence-corrected chi connectivity index (χ0v) is 12.7. The molecule has 0 fully saturated rings. The van der Waals surface area contributed by atoms with Crippen LogP contribution in [0.4, 0.5) is 0 Å². The Morgan fingerprint density at radius 1 is 1.33 bits per heavy atom. The van der Waals surface area contributed by atoms with E-state index >= 15 is 0 Å². The molecule has 0 aliphatic carbocycles. The Kier molecular flexibility index (Phi) is 6.71. The molecule has 3 nitrogen and oxygen atoms in total. The van der Waals surface area contributed by atoms with E-state index in [2.05, 4.69) is 0 Å². The maximum absolute atomic E-state index is 10.2. The van der Waals surface area contributed by atoms with Crippen LogP contribution < -0.4 is 61.2 Å². The standard InChI is InChI=1S/C11H14O3.K/c1-7-4-8(2)9(3)10(5-7)14-6-11(12)13;/h4-5H,6H2,1-3H3,(H,12,13);/q;+1/p-1. The van der Waals surface area contributed by atoms with Gasteiger partial charge in [0.15, 0.2) is 0 Å². The maximum atomic E-state index is 10.2. The molecule has 1 aromatic rings. The van der Waals surface area contributed by atoms with Gasteiger partial charge in [0.25, 0.3) is 0 Å². The van der Waals surface area contributed by atoms with E-state index in [1.165, 1.54) is 0 Å². The van der Waals surface area contributed by atoms with Gasteiger partial charge in [-0.15, -0.1) is 0 Å². The third kappa shape index (κ3) is 4.65. The van der Waals surface area contributed by atoms with Crippen LogP contribution in [0.25, 0.3) is 0 Å². The first-order valence-electron chi connectivity index (χ1n) is 4.41. The molecule has 0 spiro atoms. The van der Waals surface area contributed by atoms with Crippen molar-refractivity contribution in [1.29, 1.82) is 0 Å². The van der Waals surface area contributed by atoms with Gasteiger partial charge in [0, 0.05) is 0 Å². The van der Waals surface area contributed by atoms with Gasteiger partial charge in [-0.25, -0.2) is 0 Å². The molecule has 0 aromatic heterocycles. The van der Waals surface area contributed by atoms with Crippen LogP contribution in [0.1, 0.15) is 16.7 Å². The molecular formula is C11H13KO3. The monoisotopic (exact) mass is 232 g/mol. The van der Waals surface area contributed by atoms with Gasteiger partial charge in [-0.1, -0.05) is 6.07 Å². The molecule has 1 rings (SSSR count). The average Bonchev–Trinajstić information content (AvgIpc) is 2.08. The van der Waals surface area contributed by atoms with Crippen LogP contribution in [0.5, 0.6) is 5.75 Å². The number of ether oxygens (including phenoxy) is 1. The summed E-state index contributed by atoms with van der Waals surface area (Å²) in [5, 5.41) is 10.2. The molecule has 0 aliphatic heterocycles. The summed E-state index contributed by atoms with van der Waals surface area (Å²) < 4.78 is 5.10. The van der Waals surface area contributed by atoms with Crippen LogP contribution in [-0.2, 0) is 4.79 Å². The molecule has 0 N–H and O–H groups in total. The number of benzene rings is 1. The fourth-order valence-electron chi connectivity index (χ4n) is 1.29. The van der Waals surface area contributed by atoms with Gasteiger partial charge >= 0.3 is 51.4 Å². The number of carboxylic acid groups (broad SMARTS) is 1. The molecule has 76 valence electrons. The zero-order chi connectivity index (χ0) is 10.7. The molecule has 0 bridgehead atoms. The van der Waals surface area contributed by atoms with Gasteiger partial charge in [0.1, 0.15) is 12.4 Å². The quantitative estimate of drug-likeness (QED) is 0.553. The van der Waals surface area contributed by atoms with Crippen molar-refractivity contribution in [2.45, 2.75) is 20.8 Å². The van der Waals surface area contributed by atoms with Crippen molar-refractivity contribution in [2.75, 3.05) is 6.61 Å². The van der Waals surface area contributed by atoms with E-state index < -0.39 is 12.6 Å². The van der Waals surface area contributed by atoms with Crippen molar-refractivity contribution >= 4 is 5.97 Å². The van der Waals surface area contributed by atoms with E-state index in [1.54, 1.807) is 0 Å². The Hall–Kier alpha value is 0.126. The summed E-state index contributed by atoms with van der Waals surface area (Å²) in [4.78, 5) is 10.2. The topological polar surface area (TPSA) is 49.4 Å². The second kappa shape index (κ2) is 6.65. The van der Waals surface area contributed by atoms with Crippen LogP contribution in [-0.4, -0.2) is 12.6 Å². The number of hydrogen-bond acceptors (Lipinski definition) is 3. The third-order valence-electron chi connectivity index (χ3n) is 2.11. The number of aryl methyl sites for hydroxylation is 2. The normalized spacial score (nSPS) is 9.27. The fraction of sp³-hybridized carbons (Fsp3) is 0.364. The van der Waals surface area contributed by atoms with E-state index in [0.29, 0.717) is 5.75 Å². The molecule has 4 heteroatoms. The Balaban J connectivity index is 0.00000196. The SMILES string of the molecule is Cc1cc(C)c(C)c(OCC(=O)[O-])c1.[K+]. The molecule has 1 aromatic carbocycles. The van der Waals surface area contributed by atoms with Crippen molar-refractivity contribution < 1.29 is 66.0 Å². The molecule has 0 heterocycles. The van der Waals surface area contributed by atoms with Gasteiger partial charge < -0.3 is 14.6 Å². The second-order valence-corrected chi connectivity index (χ2v) is 3.37. The largest absolute Gasteiger partial charge is 1.00 e. The Morgan fingerprint density at radius 3 is 2.47 bits per heavy atom. The molecule has 0 atom stereocenters. The number of carbonyl (C=O) groups is 1. The molecule has 0 amide bonds. The summed E-state index contributed by atoms with van der Waals surface area (Å²) in [7, 11) is 0. The van der Waals surface area contributed by atoms with Gasteiger partial charge in [-0.3, -0.25) is 0 Å². The van der Waals surface area contributed by atoms with Crippen LogP contribution in [0.15, 0.2) is 12.1 Å². The predicted octanol–water partition coefficient (Wildman–Crippen LogP) is -2.26. The van der Waals surface area contributed by atoms with E-state index in [1.807, 2.05) is 32.9 Å². The van der Waals surface area contributed by atoms with E-state index in [4.69, 9.17) is 4.74 Å². The summed E-state index contributed by atoms with van der Waals surface area (Å²) in [5.74, 6) is -0.588. The van der Waals surface area contributed by atoms with Crippen LogP contribution in [0.3, 0.4) is 0 Å². The Bertz CT molecular complexity index is 361. The van der Waals surface area contributed by atoms with Gasteiger partial charge in [0.05, 0.1) is 5.97 Å². The van der Waals surface area contributed by atoms with Crippen LogP contribution in [0.2, 0.25) is 0 Å². The van der Waals surface area contributed by atoms with Gasteiger partial charge in [0.2, 0.25) is 0 Å². The Labute approximate surface area is 132 Å². The van der Waals surface area contributed by atoms with Crippen molar-refractivity contribution in [3.63, 3.8) is 0 Å². The van der Waals surface area contributed by atoms with E-state index in [-0.39, 0.29) is 51.4 Å². The van der Waals surface area contributed by atoms with Crippen molar-refractivity contribution in [1.82, 2.24) is 0 Å². The van der Waals surface area contributed by atoms with Crippen molar-refractivity contribution in [2.24, 2.45) is 0 Å². The van der Waals surface area contributed by atoms with E-state index in [9.17, 15) is 9.90 Å². The molecule has 0 saturated heterocycles. The van der Waals surface area contributed by atoms with Gasteiger partial charge in [-0.2, -0.15) is 0 Å². The summed E-state index contributed by atoms with van der Waals surface area (Å²) in [6, 6.07) is 3.85. The number of aliphatic carboxylic acids is 1. The van der Waals surface area contributed by atoms with Crippen LogP contribution in [0, 0.1) is 20.8 Å². The fourth-order valence-corrected chi connectivity index (χ4v) is 1.29. The number of hydrogen-bond donors (Lipinski definition) is 0. The Morgan fingerprint density at radius 2 is 1.93 bits per heavy atom. The zero-order valence-electron chi connectivity index (χ0n) is 9.59. The minimum absolute atomic E-state index is 0. The molecule has 15 heavy (non-hydrogen) atoms. The molecule has 0 unspecified atom stereocenters. The van der Waals surface area contributed by atoms with Crippen LogP contribution >= 0.6 is 0 Å². The molecular weight excluding hydrogens is 219 g/mol. The van der Waals surface area contributed by atoms with E-state index in [0.717, 1.165) is 16.7 Å². The smallest absolute Gasteiger partial charge is 0.546 e. The maximum Gasteiger partial charge on any atom is 1.00 e. The minimum Gasteiger partial charge on any atom is -0.546 e. The minimum atomic E-state index is -1.21. The molecule has 0 saturated carbocycles. The molecule has 0 radical (unpaired) electrons. The number of carbonyl (C=O) groups excluding carboxylic acids is 1. The number of carboxylic acids is 1. The molecule has 0 aliphatic rings. The van der Waals surface area contributed by atoms with Crippen molar-refractivity contribution in [3.8, 4) is 5.75 Å². The number of rotatable bonds is 3. The van der Waals surface area contributed by atoms with Crippen molar-refractivity contribution in [3.05, 3.63) is 28.8 Å². The third-order valence-corrected chi connectivity index (χ3v) is 2.11. The first kappa shape index (κ1) is 15.1.